The van der Waals surface area contributed by atoms with Gasteiger partial charge in [0.25, 0.3) is 0 Å². The number of esters is 2. The molecule has 5 N–H and O–H groups in total. The van der Waals surface area contributed by atoms with Crippen LogP contribution in [0.4, 0.5) is 0 Å². The lowest BCUT2D eigenvalue weighted by atomic mass is 9.88. The lowest BCUT2D eigenvalue weighted by Crippen LogP contribution is -2.29. The van der Waals surface area contributed by atoms with E-state index in [0.717, 1.165) is 89.9 Å². The van der Waals surface area contributed by atoms with Gasteiger partial charge in [-0.05, 0) is 64.2 Å². The van der Waals surface area contributed by atoms with E-state index in [9.17, 15) is 34.1 Å². The van der Waals surface area contributed by atoms with Gasteiger partial charge in [-0.2, -0.15) is 0 Å². The third-order valence-electron chi connectivity index (χ3n) is 9.78. The maximum atomic E-state index is 12.6. The molecule has 0 aromatic rings. The molecule has 0 bridgehead atoms. The Kier molecular flexibility index (Phi) is 32.3. The van der Waals surface area contributed by atoms with Crippen molar-refractivity contribution in [3.8, 4) is 0 Å². The zero-order chi connectivity index (χ0) is 42.7. The van der Waals surface area contributed by atoms with E-state index in [4.69, 9.17) is 24.3 Å². The van der Waals surface area contributed by atoms with Crippen molar-refractivity contribution in [2.45, 2.75) is 167 Å². The van der Waals surface area contributed by atoms with Crippen molar-refractivity contribution >= 4 is 25.5 Å². The highest BCUT2D eigenvalue weighted by atomic mass is 31.2. The van der Waals surface area contributed by atoms with Crippen LogP contribution in [0.25, 0.3) is 0 Å². The summed E-state index contributed by atoms with van der Waals surface area (Å²) in [5.74, 6) is -1.56. The number of unbranched alkanes of at least 4 members (excludes halogenated alkanes) is 9. The van der Waals surface area contributed by atoms with Gasteiger partial charge in [0.15, 0.2) is 6.10 Å². The molecule has 0 amide bonds. The number of ether oxygens (including phenoxy) is 2. The SMILES string of the molecule is CC/C=C\C/C=C\C/C=C\C/C=C\CCCCCCC(=O)O[C@H](COC(=O)CCCCCC[C@H]1C(=O)C[C@@H](O)[C@@H]1/C=C/[C@@H](O)CCCCC)COP(=O)(O)OCCN. The number of carbonyl (C=O) groups excluding carboxylic acids is 3. The van der Waals surface area contributed by atoms with Gasteiger partial charge in [-0.3, -0.25) is 23.4 Å². The molecule has 1 saturated carbocycles. The second-order valence-electron chi connectivity index (χ2n) is 15.0. The number of ketones is 1. The van der Waals surface area contributed by atoms with Gasteiger partial charge in [-0.15, -0.1) is 0 Å². The quantitative estimate of drug-likeness (QED) is 0.0203. The molecule has 1 aliphatic carbocycles. The molecule has 0 aliphatic heterocycles. The highest BCUT2D eigenvalue weighted by molar-refractivity contribution is 7.47. The molecule has 12 nitrogen and oxygen atoms in total. The van der Waals surface area contributed by atoms with E-state index >= 15 is 0 Å². The number of allylic oxidation sites excluding steroid dienone is 8. The summed E-state index contributed by atoms with van der Waals surface area (Å²) in [7, 11) is -4.45. The van der Waals surface area contributed by atoms with E-state index in [1.807, 2.05) is 6.08 Å². The minimum absolute atomic E-state index is 0.0112. The molecular formula is C45H76NO11P. The summed E-state index contributed by atoms with van der Waals surface area (Å²) in [6, 6.07) is 0. The molecule has 1 aliphatic rings. The van der Waals surface area contributed by atoms with E-state index in [2.05, 4.69) is 62.5 Å². The Morgan fingerprint density at radius 3 is 2.09 bits per heavy atom. The summed E-state index contributed by atoms with van der Waals surface area (Å²) in [6.45, 7) is 3.20. The van der Waals surface area contributed by atoms with Crippen LogP contribution in [0.5, 0.6) is 0 Å². The van der Waals surface area contributed by atoms with Crippen LogP contribution in [0.1, 0.15) is 149 Å². The first-order valence-electron chi connectivity index (χ1n) is 21.9. The number of aliphatic hydroxyl groups excluding tert-OH is 2. The van der Waals surface area contributed by atoms with Crippen LogP contribution in [-0.2, 0) is 37.5 Å². The molecule has 0 aromatic carbocycles. The average Bonchev–Trinajstić information content (AvgIpc) is 3.47. The molecule has 1 unspecified atom stereocenters. The minimum Gasteiger partial charge on any atom is -0.462 e. The fraction of sp³-hybridized carbons (Fsp3) is 0.711. The maximum Gasteiger partial charge on any atom is 0.472 e. The summed E-state index contributed by atoms with van der Waals surface area (Å²) in [6.07, 6.45) is 34.4. The van der Waals surface area contributed by atoms with Crippen LogP contribution in [0.2, 0.25) is 0 Å². The van der Waals surface area contributed by atoms with Gasteiger partial charge in [0.2, 0.25) is 0 Å². The van der Waals surface area contributed by atoms with Gasteiger partial charge in [0, 0.05) is 37.6 Å². The molecule has 1 rings (SSSR count). The van der Waals surface area contributed by atoms with Gasteiger partial charge < -0.3 is 30.3 Å². The Bertz CT molecular complexity index is 1300. The minimum atomic E-state index is -4.45. The third-order valence-corrected chi connectivity index (χ3v) is 10.8. The first-order chi connectivity index (χ1) is 28.0. The van der Waals surface area contributed by atoms with Crippen molar-refractivity contribution in [1.82, 2.24) is 0 Å². The molecule has 13 heteroatoms. The smallest absolute Gasteiger partial charge is 0.462 e. The first-order valence-corrected chi connectivity index (χ1v) is 23.4. The molecule has 0 aromatic heterocycles. The lowest BCUT2D eigenvalue weighted by molar-refractivity contribution is -0.161. The normalized spacial score (nSPS) is 19.6. The predicted octanol–water partition coefficient (Wildman–Crippen LogP) is 9.08. The van der Waals surface area contributed by atoms with Crippen LogP contribution < -0.4 is 5.73 Å². The van der Waals surface area contributed by atoms with Crippen LogP contribution in [0, 0.1) is 11.8 Å². The maximum absolute atomic E-state index is 12.6. The molecule has 6 atom stereocenters. The third kappa shape index (κ3) is 28.7. The molecule has 1 fully saturated rings. The molecule has 58 heavy (non-hydrogen) atoms. The Labute approximate surface area is 349 Å². The largest absolute Gasteiger partial charge is 0.472 e. The number of hydrogen-bond acceptors (Lipinski definition) is 11. The number of rotatable bonds is 36. The van der Waals surface area contributed by atoms with Crippen LogP contribution in [0.3, 0.4) is 0 Å². The van der Waals surface area contributed by atoms with Crippen molar-refractivity contribution < 1.29 is 52.6 Å². The number of carbonyl (C=O) groups is 3. The second-order valence-corrected chi connectivity index (χ2v) is 16.4. The molecule has 332 valence electrons. The van der Waals surface area contributed by atoms with E-state index in [1.165, 1.54) is 0 Å². The van der Waals surface area contributed by atoms with Gasteiger partial charge >= 0.3 is 19.8 Å². The second kappa shape index (κ2) is 35.1. The molecule has 0 heterocycles. The Morgan fingerprint density at radius 2 is 1.43 bits per heavy atom. The number of phosphoric ester groups is 1. The summed E-state index contributed by atoms with van der Waals surface area (Å²) in [5.41, 5.74) is 5.34. The standard InChI is InChI=1S/C45H76NO11P/c1-3-5-7-8-9-10-11-12-13-14-15-16-17-18-19-20-26-30-45(51)57-39(37-56-58(52,53)55-34-33-46)36-54-44(50)29-25-22-21-24-28-40-41(43(49)35-42(40)48)32-31-38(47)27-23-6-4-2/h5,7,9-10,12-13,15-16,31-32,38-41,43,47,49H,3-4,6,8,11,14,17-30,33-37,46H2,1-2H3,(H,52,53)/b7-5-,10-9-,13-12-,16-15-,32-31+/t38-,39+,40+,41+,43+/m0/s1. The Hall–Kier alpha value is -2.70. The average molecular weight is 838 g/mol. The first kappa shape index (κ1) is 53.3. The number of nitrogens with two attached hydrogens (primary N) is 1. The highest BCUT2D eigenvalue weighted by Gasteiger charge is 2.39. The monoisotopic (exact) mass is 838 g/mol. The number of hydrogen-bond donors (Lipinski definition) is 4. The molecule has 0 radical (unpaired) electrons. The zero-order valence-electron chi connectivity index (χ0n) is 35.5. The predicted molar refractivity (Wildman–Crippen MR) is 230 cm³/mol. The summed E-state index contributed by atoms with van der Waals surface area (Å²) < 4.78 is 32.7. The van der Waals surface area contributed by atoms with Gasteiger partial charge in [0.1, 0.15) is 12.4 Å². The van der Waals surface area contributed by atoms with Crippen molar-refractivity contribution in [3.05, 3.63) is 60.8 Å². The number of phosphoric acid groups is 1. The Balaban J connectivity index is 2.39. The van der Waals surface area contributed by atoms with Gasteiger partial charge in [-0.1, -0.05) is 126 Å². The molecular weight excluding hydrogens is 761 g/mol. The molecule has 0 saturated heterocycles. The lowest BCUT2D eigenvalue weighted by Gasteiger charge is -2.20. The molecule has 0 spiro atoms. The topological polar surface area (TPSA) is 192 Å². The van der Waals surface area contributed by atoms with Crippen LogP contribution >= 0.6 is 7.82 Å². The Morgan fingerprint density at radius 1 is 0.810 bits per heavy atom. The summed E-state index contributed by atoms with van der Waals surface area (Å²) in [5, 5.41) is 20.7. The van der Waals surface area contributed by atoms with Crippen molar-refractivity contribution in [2.24, 2.45) is 17.6 Å². The fourth-order valence-corrected chi connectivity index (χ4v) is 7.29. The van der Waals surface area contributed by atoms with Crippen LogP contribution in [-0.4, -0.2) is 77.5 Å². The zero-order valence-corrected chi connectivity index (χ0v) is 36.4. The van der Waals surface area contributed by atoms with Crippen molar-refractivity contribution in [3.63, 3.8) is 0 Å². The highest BCUT2D eigenvalue weighted by Crippen LogP contribution is 2.43. The van der Waals surface area contributed by atoms with Crippen molar-refractivity contribution in [2.75, 3.05) is 26.4 Å². The fourth-order valence-electron chi connectivity index (χ4n) is 6.52. The van der Waals surface area contributed by atoms with Crippen LogP contribution in [0.15, 0.2) is 60.8 Å². The van der Waals surface area contributed by atoms with E-state index in [1.54, 1.807) is 6.08 Å². The number of Topliss-reactive ketones (excluding diaryl/α,β-unsaturated/α-hetero) is 1. The van der Waals surface area contributed by atoms with E-state index < -0.39 is 44.7 Å². The van der Waals surface area contributed by atoms with Gasteiger partial charge in [0.05, 0.1) is 25.4 Å². The van der Waals surface area contributed by atoms with Gasteiger partial charge in [-0.25, -0.2) is 4.57 Å². The van der Waals surface area contributed by atoms with Crippen molar-refractivity contribution in [1.29, 1.82) is 0 Å². The summed E-state index contributed by atoms with van der Waals surface area (Å²) in [4.78, 5) is 47.6. The number of aliphatic hydroxyl groups is 2. The van der Waals surface area contributed by atoms with E-state index in [0.29, 0.717) is 25.7 Å². The van der Waals surface area contributed by atoms with E-state index in [-0.39, 0.29) is 56.6 Å². The summed E-state index contributed by atoms with van der Waals surface area (Å²) >= 11 is 0.